The number of hydrogen-bond acceptors (Lipinski definition) is 4. The topological polar surface area (TPSA) is 72.6 Å². The van der Waals surface area contributed by atoms with Crippen molar-refractivity contribution in [1.29, 1.82) is 0 Å². The number of hydrogen-bond donors (Lipinski definition) is 1. The van der Waals surface area contributed by atoms with Gasteiger partial charge in [-0.2, -0.15) is 0 Å². The Hall–Kier alpha value is -1.88. The molecule has 0 saturated carbocycles. The minimum Gasteiger partial charge on any atom is -0.467 e. The van der Waals surface area contributed by atoms with Crippen molar-refractivity contribution >= 4 is 11.9 Å². The molecule has 1 heterocycles. The van der Waals surface area contributed by atoms with E-state index in [1.165, 1.54) is 12.0 Å². The lowest BCUT2D eigenvalue weighted by atomic mass is 9.99. The molecule has 2 N–H and O–H groups in total. The number of esters is 1. The molecule has 1 aliphatic heterocycles. The van der Waals surface area contributed by atoms with Gasteiger partial charge in [-0.1, -0.05) is 30.3 Å². The molecule has 5 nitrogen and oxygen atoms in total. The lowest BCUT2D eigenvalue weighted by molar-refractivity contribution is -0.159. The van der Waals surface area contributed by atoms with E-state index in [0.29, 0.717) is 13.0 Å². The second kappa shape index (κ2) is 5.18. The van der Waals surface area contributed by atoms with Crippen LogP contribution < -0.4 is 5.73 Å². The van der Waals surface area contributed by atoms with Crippen LogP contribution >= 0.6 is 0 Å². The molecule has 1 aromatic rings. The zero-order chi connectivity index (χ0) is 13.1. The van der Waals surface area contributed by atoms with Crippen LogP contribution in [0.3, 0.4) is 0 Å². The molecule has 5 heteroatoms. The predicted octanol–water partition coefficient (Wildman–Crippen LogP) is -0.0598. The van der Waals surface area contributed by atoms with Gasteiger partial charge in [0.05, 0.1) is 7.11 Å². The molecule has 96 valence electrons. The van der Waals surface area contributed by atoms with Gasteiger partial charge in [0, 0.05) is 13.0 Å². The standard InChI is InChI=1S/C13H16N2O3/c1-18-13(17)11(15-8-10(14)12(15)16)7-9-5-3-2-4-6-9/h2-6,10-11H,7-8,14H2,1H3. The van der Waals surface area contributed by atoms with Gasteiger partial charge in [0.1, 0.15) is 12.1 Å². The van der Waals surface area contributed by atoms with Crippen LogP contribution in [0.25, 0.3) is 0 Å². The van der Waals surface area contributed by atoms with Crippen LogP contribution in [-0.4, -0.2) is 42.5 Å². The largest absolute Gasteiger partial charge is 0.467 e. The molecule has 1 saturated heterocycles. The maximum absolute atomic E-state index is 11.7. The van der Waals surface area contributed by atoms with Crippen molar-refractivity contribution in [3.63, 3.8) is 0 Å². The number of β-lactam (4-membered cyclic amide) rings is 1. The quantitative estimate of drug-likeness (QED) is 0.598. The summed E-state index contributed by atoms with van der Waals surface area (Å²) in [6.07, 6.45) is 0.450. The average Bonchev–Trinajstić information content (AvgIpc) is 2.42. The van der Waals surface area contributed by atoms with Crippen molar-refractivity contribution in [3.8, 4) is 0 Å². The minimum atomic E-state index is -0.579. The van der Waals surface area contributed by atoms with E-state index in [1.54, 1.807) is 0 Å². The van der Waals surface area contributed by atoms with E-state index in [0.717, 1.165) is 5.56 Å². The lowest BCUT2D eigenvalue weighted by Crippen LogP contribution is -2.66. The van der Waals surface area contributed by atoms with E-state index in [-0.39, 0.29) is 5.91 Å². The van der Waals surface area contributed by atoms with E-state index >= 15 is 0 Å². The fraction of sp³-hybridized carbons (Fsp3) is 0.385. The SMILES string of the molecule is COC(=O)C(Cc1ccccc1)N1CC(N)C1=O. The van der Waals surface area contributed by atoms with E-state index in [1.807, 2.05) is 30.3 Å². The molecular formula is C13H16N2O3. The number of likely N-dealkylation sites (tertiary alicyclic amines) is 1. The Labute approximate surface area is 106 Å². The summed E-state index contributed by atoms with van der Waals surface area (Å²) in [7, 11) is 1.32. The summed E-state index contributed by atoms with van der Waals surface area (Å²) in [5.41, 5.74) is 6.53. The number of carbonyl (C=O) groups excluding carboxylic acids is 2. The molecule has 1 fully saturated rings. The summed E-state index contributed by atoms with van der Waals surface area (Å²) in [5.74, 6) is -0.597. The molecule has 0 aliphatic carbocycles. The molecular weight excluding hydrogens is 232 g/mol. The maximum atomic E-state index is 11.7. The summed E-state index contributed by atoms with van der Waals surface area (Å²) >= 11 is 0. The van der Waals surface area contributed by atoms with Gasteiger partial charge in [0.15, 0.2) is 0 Å². The first-order valence-electron chi connectivity index (χ1n) is 5.81. The Morgan fingerprint density at radius 2 is 2.17 bits per heavy atom. The molecule has 0 aromatic heterocycles. The highest BCUT2D eigenvalue weighted by Gasteiger charge is 2.41. The second-order valence-corrected chi connectivity index (χ2v) is 4.33. The first-order valence-corrected chi connectivity index (χ1v) is 5.81. The van der Waals surface area contributed by atoms with Gasteiger partial charge in [-0.15, -0.1) is 0 Å². The highest BCUT2D eigenvalue weighted by Crippen LogP contribution is 2.17. The molecule has 0 bridgehead atoms. The van der Waals surface area contributed by atoms with Crippen LogP contribution in [0.1, 0.15) is 5.56 Å². The molecule has 2 unspecified atom stereocenters. The van der Waals surface area contributed by atoms with Gasteiger partial charge in [0.2, 0.25) is 5.91 Å². The number of carbonyl (C=O) groups is 2. The van der Waals surface area contributed by atoms with Crippen LogP contribution in [0.2, 0.25) is 0 Å². The molecule has 2 atom stereocenters. The third kappa shape index (κ3) is 2.36. The Bertz CT molecular complexity index is 447. The van der Waals surface area contributed by atoms with Gasteiger partial charge < -0.3 is 15.4 Å². The summed E-state index contributed by atoms with van der Waals surface area (Å²) in [6, 6.07) is 8.47. The predicted molar refractivity (Wildman–Crippen MR) is 65.6 cm³/mol. The van der Waals surface area contributed by atoms with Crippen molar-refractivity contribution < 1.29 is 14.3 Å². The molecule has 0 radical (unpaired) electrons. The number of nitrogens with zero attached hydrogens (tertiary/aromatic N) is 1. The Kier molecular flexibility index (Phi) is 3.62. The normalized spacial score (nSPS) is 20.2. The fourth-order valence-electron chi connectivity index (χ4n) is 2.06. The van der Waals surface area contributed by atoms with Crippen molar-refractivity contribution in [2.24, 2.45) is 5.73 Å². The van der Waals surface area contributed by atoms with Crippen molar-refractivity contribution in [3.05, 3.63) is 35.9 Å². The van der Waals surface area contributed by atoms with Gasteiger partial charge in [-0.05, 0) is 5.56 Å². The van der Waals surface area contributed by atoms with Gasteiger partial charge in [-0.25, -0.2) is 4.79 Å². The molecule has 0 spiro atoms. The highest BCUT2D eigenvalue weighted by atomic mass is 16.5. The summed E-state index contributed by atoms with van der Waals surface area (Å²) < 4.78 is 4.75. The Morgan fingerprint density at radius 1 is 1.50 bits per heavy atom. The van der Waals surface area contributed by atoms with Crippen LogP contribution in [-0.2, 0) is 20.7 Å². The second-order valence-electron chi connectivity index (χ2n) is 4.33. The van der Waals surface area contributed by atoms with E-state index < -0.39 is 18.1 Å². The van der Waals surface area contributed by atoms with Crippen LogP contribution in [0.15, 0.2) is 30.3 Å². The molecule has 1 amide bonds. The molecule has 1 aliphatic rings. The van der Waals surface area contributed by atoms with Crippen LogP contribution in [0.5, 0.6) is 0 Å². The average molecular weight is 248 g/mol. The molecule has 2 rings (SSSR count). The van der Waals surface area contributed by atoms with Crippen molar-refractivity contribution in [1.82, 2.24) is 4.90 Å². The highest BCUT2D eigenvalue weighted by molar-refractivity contribution is 5.92. The molecule has 1 aromatic carbocycles. The van der Waals surface area contributed by atoms with E-state index in [4.69, 9.17) is 10.5 Å². The Morgan fingerprint density at radius 3 is 2.67 bits per heavy atom. The maximum Gasteiger partial charge on any atom is 0.328 e. The molecule has 18 heavy (non-hydrogen) atoms. The monoisotopic (exact) mass is 248 g/mol. The van der Waals surface area contributed by atoms with Gasteiger partial charge >= 0.3 is 5.97 Å². The number of rotatable bonds is 4. The van der Waals surface area contributed by atoms with Crippen LogP contribution in [0.4, 0.5) is 0 Å². The number of nitrogens with two attached hydrogens (primary N) is 1. The first-order chi connectivity index (χ1) is 8.63. The van der Waals surface area contributed by atoms with Gasteiger partial charge in [-0.3, -0.25) is 4.79 Å². The third-order valence-electron chi connectivity index (χ3n) is 3.12. The van der Waals surface area contributed by atoms with Crippen LogP contribution in [0, 0.1) is 0 Å². The Balaban J connectivity index is 2.12. The van der Waals surface area contributed by atoms with Crippen molar-refractivity contribution in [2.45, 2.75) is 18.5 Å². The minimum absolute atomic E-state index is 0.193. The van der Waals surface area contributed by atoms with Crippen molar-refractivity contribution in [2.75, 3.05) is 13.7 Å². The first kappa shape index (κ1) is 12.6. The lowest BCUT2D eigenvalue weighted by Gasteiger charge is -2.40. The number of methoxy groups -OCH3 is 1. The van der Waals surface area contributed by atoms with E-state index in [9.17, 15) is 9.59 Å². The number of benzene rings is 1. The summed E-state index contributed by atoms with van der Waals surface area (Å²) in [4.78, 5) is 24.8. The number of ether oxygens (including phenoxy) is 1. The third-order valence-corrected chi connectivity index (χ3v) is 3.12. The van der Waals surface area contributed by atoms with E-state index in [2.05, 4.69) is 0 Å². The smallest absolute Gasteiger partial charge is 0.328 e. The fourth-order valence-corrected chi connectivity index (χ4v) is 2.06. The summed E-state index contributed by atoms with van der Waals surface area (Å²) in [5, 5.41) is 0. The summed E-state index contributed by atoms with van der Waals surface area (Å²) in [6.45, 7) is 0.408. The number of amides is 1. The van der Waals surface area contributed by atoms with Gasteiger partial charge in [0.25, 0.3) is 0 Å². The zero-order valence-corrected chi connectivity index (χ0v) is 10.2. The zero-order valence-electron chi connectivity index (χ0n) is 10.2.